The second kappa shape index (κ2) is 6.23. The summed E-state index contributed by atoms with van der Waals surface area (Å²) in [6, 6.07) is 20.2. The number of benzene rings is 3. The summed E-state index contributed by atoms with van der Waals surface area (Å²) in [4.78, 5) is 2.17. The predicted molar refractivity (Wildman–Crippen MR) is 124 cm³/mol. The van der Waals surface area contributed by atoms with Crippen molar-refractivity contribution in [1.82, 2.24) is 0 Å². The minimum absolute atomic E-state index is 0.274. The van der Waals surface area contributed by atoms with Crippen LogP contribution in [0.25, 0.3) is 0 Å². The van der Waals surface area contributed by atoms with Crippen molar-refractivity contribution in [2.75, 3.05) is 0 Å². The Morgan fingerprint density at radius 1 is 0.767 bits per heavy atom. The highest BCUT2D eigenvalue weighted by atomic mass is 32.2. The highest BCUT2D eigenvalue weighted by molar-refractivity contribution is 7.91. The molecule has 0 radical (unpaired) electrons. The standard InChI is InChI=1S/C28H25OS/c1-17-12-13-26-24(14-17)28(25-15-18(2)19(3)16-27(25)30(26)29)22-10-6-4-8-20(22)21-9-5-7-11-23(21)28/h4-16,20,22,29H,1-3H3/q+1/t20?,22-,28?,30?/m0/s1. The first kappa shape index (κ1) is 18.2. The second-order valence-corrected chi connectivity index (χ2v) is 10.4. The zero-order valence-corrected chi connectivity index (χ0v) is 18.3. The van der Waals surface area contributed by atoms with Crippen molar-refractivity contribution < 1.29 is 4.55 Å². The van der Waals surface area contributed by atoms with Gasteiger partial charge in [0.15, 0.2) is 0 Å². The lowest BCUT2D eigenvalue weighted by atomic mass is 9.62. The zero-order valence-electron chi connectivity index (χ0n) is 17.5. The molecule has 4 atom stereocenters. The monoisotopic (exact) mass is 409 g/mol. The SMILES string of the molecule is Cc1ccc2c(c1)C1(c3ccccc3C3C=CC=C[C@@H]31)c1cc(C)c(C)cc1[S+]2O. The van der Waals surface area contributed by atoms with Crippen LogP contribution in [0, 0.1) is 26.7 Å². The van der Waals surface area contributed by atoms with Crippen molar-refractivity contribution in [3.8, 4) is 0 Å². The molecule has 0 amide bonds. The van der Waals surface area contributed by atoms with E-state index in [0.717, 1.165) is 9.79 Å². The van der Waals surface area contributed by atoms with Crippen molar-refractivity contribution in [3.63, 3.8) is 0 Å². The van der Waals surface area contributed by atoms with Gasteiger partial charge in [-0.05, 0) is 61.2 Å². The molecule has 30 heavy (non-hydrogen) atoms. The van der Waals surface area contributed by atoms with E-state index in [1.165, 1.54) is 38.9 Å². The summed E-state index contributed by atoms with van der Waals surface area (Å²) >= 11 is -0.920. The van der Waals surface area contributed by atoms with Gasteiger partial charge in [-0.15, -0.1) is 0 Å². The maximum Gasteiger partial charge on any atom is 0.220 e. The third-order valence-electron chi connectivity index (χ3n) is 7.38. The largest absolute Gasteiger partial charge is 0.220 e. The lowest BCUT2D eigenvalue weighted by molar-refractivity contribution is 0.436. The van der Waals surface area contributed by atoms with Crippen LogP contribution < -0.4 is 0 Å². The maximum atomic E-state index is 11.5. The molecule has 3 unspecified atom stereocenters. The number of aryl methyl sites for hydroxylation is 3. The van der Waals surface area contributed by atoms with Gasteiger partial charge in [-0.1, -0.05) is 60.2 Å². The van der Waals surface area contributed by atoms with E-state index >= 15 is 0 Å². The molecule has 0 saturated heterocycles. The van der Waals surface area contributed by atoms with Crippen LogP contribution in [-0.4, -0.2) is 4.55 Å². The molecule has 2 aliphatic carbocycles. The minimum atomic E-state index is -0.920. The fourth-order valence-electron chi connectivity index (χ4n) is 5.94. The van der Waals surface area contributed by atoms with Crippen LogP contribution >= 0.6 is 0 Å². The van der Waals surface area contributed by atoms with Crippen LogP contribution in [0.3, 0.4) is 0 Å². The molecule has 0 aromatic heterocycles. The summed E-state index contributed by atoms with van der Waals surface area (Å²) in [5.41, 5.74) is 8.88. The van der Waals surface area contributed by atoms with Crippen molar-refractivity contribution >= 4 is 11.2 Å². The fraction of sp³-hybridized carbons (Fsp3) is 0.214. The third-order valence-corrected chi connectivity index (χ3v) is 8.90. The van der Waals surface area contributed by atoms with E-state index in [1.54, 1.807) is 0 Å². The van der Waals surface area contributed by atoms with E-state index in [1.807, 2.05) is 0 Å². The van der Waals surface area contributed by atoms with Gasteiger partial charge in [-0.3, -0.25) is 0 Å². The molecule has 1 aliphatic heterocycles. The van der Waals surface area contributed by atoms with Gasteiger partial charge in [0.25, 0.3) is 0 Å². The van der Waals surface area contributed by atoms with Gasteiger partial charge in [-0.2, -0.15) is 4.55 Å². The summed E-state index contributed by atoms with van der Waals surface area (Å²) < 4.78 is 11.5. The van der Waals surface area contributed by atoms with E-state index in [2.05, 4.69) is 99.7 Å². The van der Waals surface area contributed by atoms with Crippen LogP contribution in [0.5, 0.6) is 0 Å². The molecular weight excluding hydrogens is 384 g/mol. The topological polar surface area (TPSA) is 20.2 Å². The van der Waals surface area contributed by atoms with Gasteiger partial charge >= 0.3 is 0 Å². The summed E-state index contributed by atoms with van der Waals surface area (Å²) in [6.07, 6.45) is 9.16. The highest BCUT2D eigenvalue weighted by Gasteiger charge is 2.60. The van der Waals surface area contributed by atoms with E-state index in [9.17, 15) is 4.55 Å². The minimum Gasteiger partial charge on any atom is -0.176 e. The number of allylic oxidation sites excluding steroid dienone is 4. The second-order valence-electron chi connectivity index (χ2n) is 8.93. The van der Waals surface area contributed by atoms with Crippen molar-refractivity contribution in [2.24, 2.45) is 5.92 Å². The predicted octanol–water partition coefficient (Wildman–Crippen LogP) is 6.61. The van der Waals surface area contributed by atoms with Gasteiger partial charge in [-0.25, -0.2) is 0 Å². The van der Waals surface area contributed by atoms with Gasteiger partial charge in [0.2, 0.25) is 21.0 Å². The molecule has 1 nitrogen and oxygen atoms in total. The number of hydrogen-bond acceptors (Lipinski definition) is 1. The Hall–Kier alpha value is -2.55. The first-order valence-electron chi connectivity index (χ1n) is 10.6. The summed E-state index contributed by atoms with van der Waals surface area (Å²) in [6.45, 7) is 6.51. The van der Waals surface area contributed by atoms with E-state index in [-0.39, 0.29) is 5.41 Å². The molecule has 1 heterocycles. The molecule has 3 aliphatic rings. The summed E-state index contributed by atoms with van der Waals surface area (Å²) in [7, 11) is 0. The molecule has 0 saturated carbocycles. The molecule has 6 rings (SSSR count). The lowest BCUT2D eigenvalue weighted by Crippen LogP contribution is -2.40. The first-order chi connectivity index (χ1) is 14.5. The normalized spacial score (nSPS) is 27.5. The van der Waals surface area contributed by atoms with Crippen LogP contribution in [0.2, 0.25) is 0 Å². The third kappa shape index (κ3) is 2.13. The van der Waals surface area contributed by atoms with Gasteiger partial charge in [0.1, 0.15) is 0 Å². The molecule has 3 aromatic carbocycles. The Morgan fingerprint density at radius 3 is 2.37 bits per heavy atom. The smallest absolute Gasteiger partial charge is 0.176 e. The Morgan fingerprint density at radius 2 is 1.50 bits per heavy atom. The van der Waals surface area contributed by atoms with Gasteiger partial charge < -0.3 is 0 Å². The van der Waals surface area contributed by atoms with Crippen molar-refractivity contribution in [3.05, 3.63) is 118 Å². The zero-order chi connectivity index (χ0) is 20.6. The molecule has 3 aromatic rings. The molecule has 1 spiro atoms. The van der Waals surface area contributed by atoms with E-state index in [4.69, 9.17) is 0 Å². The van der Waals surface area contributed by atoms with E-state index in [0.29, 0.717) is 11.8 Å². The Kier molecular flexibility index (Phi) is 3.79. The number of fused-ring (bicyclic) bond motifs is 9. The molecule has 0 bridgehead atoms. The average Bonchev–Trinajstić information content (AvgIpc) is 3.05. The Balaban J connectivity index is 1.82. The maximum absolute atomic E-state index is 11.5. The average molecular weight is 410 g/mol. The summed E-state index contributed by atoms with van der Waals surface area (Å²) in [5, 5.41) is 0. The van der Waals surface area contributed by atoms with Gasteiger partial charge in [0, 0.05) is 29.0 Å². The van der Waals surface area contributed by atoms with Crippen molar-refractivity contribution in [2.45, 2.75) is 41.9 Å². The molecule has 2 heteroatoms. The quantitative estimate of drug-likeness (QED) is 0.414. The molecular formula is C28H25OS+. The van der Waals surface area contributed by atoms with Gasteiger partial charge in [0.05, 0.1) is 5.41 Å². The van der Waals surface area contributed by atoms with E-state index < -0.39 is 11.2 Å². The Bertz CT molecular complexity index is 1270. The lowest BCUT2D eigenvalue weighted by Gasteiger charge is -2.41. The fourth-order valence-corrected chi connectivity index (χ4v) is 7.51. The van der Waals surface area contributed by atoms with Crippen molar-refractivity contribution in [1.29, 1.82) is 0 Å². The first-order valence-corrected chi connectivity index (χ1v) is 11.8. The van der Waals surface area contributed by atoms with Crippen LogP contribution in [0.1, 0.15) is 44.9 Å². The highest BCUT2D eigenvalue weighted by Crippen LogP contribution is 2.63. The number of rotatable bonds is 0. The van der Waals surface area contributed by atoms with Crippen LogP contribution in [-0.2, 0) is 16.6 Å². The van der Waals surface area contributed by atoms with Crippen LogP contribution in [0.4, 0.5) is 0 Å². The molecule has 1 N–H and O–H groups in total. The molecule has 0 fully saturated rings. The number of hydrogen-bond donors (Lipinski definition) is 1. The molecule has 148 valence electrons. The Labute approximate surface area is 181 Å². The van der Waals surface area contributed by atoms with Crippen LogP contribution in [0.15, 0.2) is 88.7 Å². The summed E-state index contributed by atoms with van der Waals surface area (Å²) in [5.74, 6) is 0.659.